The molecule has 0 aromatic heterocycles. The molecule has 9 nitrogen and oxygen atoms in total. The molecule has 7 rings (SSSR count). The van der Waals surface area contributed by atoms with Crippen molar-refractivity contribution in [2.45, 2.75) is 94.1 Å². The van der Waals surface area contributed by atoms with E-state index >= 15 is 0 Å². The number of epoxide rings is 3. The van der Waals surface area contributed by atoms with Crippen LogP contribution in [-0.4, -0.2) is 70.8 Å². The van der Waals surface area contributed by atoms with Gasteiger partial charge in [-0.2, -0.15) is 0 Å². The molecule has 0 radical (unpaired) electrons. The molecule has 178 valence electrons. The van der Waals surface area contributed by atoms with Crippen LogP contribution in [0, 0.1) is 17.3 Å². The average molecular weight is 460 g/mol. The molecular weight excluding hydrogens is 432 g/mol. The number of hydrogen-bond donors (Lipinski definition) is 1. The highest BCUT2D eigenvalue weighted by Crippen LogP contribution is 2.83. The van der Waals surface area contributed by atoms with E-state index in [2.05, 4.69) is 6.92 Å². The summed E-state index contributed by atoms with van der Waals surface area (Å²) >= 11 is 0. The third-order valence-corrected chi connectivity index (χ3v) is 9.86. The maximum atomic E-state index is 12.7. The molecule has 2 spiro atoms. The van der Waals surface area contributed by atoms with Crippen molar-refractivity contribution in [2.75, 3.05) is 6.61 Å². The summed E-state index contributed by atoms with van der Waals surface area (Å²) in [5.74, 6) is -1.63. The summed E-state index contributed by atoms with van der Waals surface area (Å²) in [6.45, 7) is 6.65. The molecule has 3 saturated heterocycles. The van der Waals surface area contributed by atoms with Gasteiger partial charge in [0.1, 0.15) is 30.0 Å². The molecule has 1 N–H and O–H groups in total. The lowest BCUT2D eigenvalue weighted by atomic mass is 9.46. The van der Waals surface area contributed by atoms with Crippen LogP contribution in [0.25, 0.3) is 0 Å². The standard InChI is InChI=1S/C24H28O9/c1-10(2)22-17(32-22)18-24(33-18)21(3)7-6-11-12(9-29-19(11)28)13(21)8-14-23(24,31-14)20(22)30-16(27)5-4-15(25)26/h10,13-14,17-18,20H,4-9H2,1-3H3,(H,25,26)/t13-,14-,17-,18-,20+,21-,22?,23+,24+/m0/s1. The average Bonchev–Trinajstić information content (AvgIpc) is 3.65. The molecule has 0 amide bonds. The first-order chi connectivity index (χ1) is 15.6. The van der Waals surface area contributed by atoms with Gasteiger partial charge in [0.15, 0.2) is 11.7 Å². The van der Waals surface area contributed by atoms with Crippen LogP contribution in [-0.2, 0) is 38.1 Å². The fraction of sp³-hybridized carbons (Fsp3) is 0.792. The largest absolute Gasteiger partial charge is 0.481 e. The number of carboxylic acid groups (broad SMARTS) is 1. The highest BCUT2D eigenvalue weighted by Gasteiger charge is 3.01. The van der Waals surface area contributed by atoms with Gasteiger partial charge in [-0.05, 0) is 36.7 Å². The quantitative estimate of drug-likeness (QED) is 0.480. The van der Waals surface area contributed by atoms with Gasteiger partial charge in [-0.25, -0.2) is 4.79 Å². The van der Waals surface area contributed by atoms with Crippen molar-refractivity contribution < 1.29 is 43.2 Å². The van der Waals surface area contributed by atoms with E-state index in [1.54, 1.807) is 0 Å². The zero-order chi connectivity index (χ0) is 23.1. The monoisotopic (exact) mass is 460 g/mol. The van der Waals surface area contributed by atoms with E-state index in [9.17, 15) is 14.4 Å². The molecule has 33 heavy (non-hydrogen) atoms. The topological polar surface area (TPSA) is 127 Å². The molecule has 4 aliphatic heterocycles. The number of rotatable bonds is 5. The highest BCUT2D eigenvalue weighted by atomic mass is 16.8. The van der Waals surface area contributed by atoms with Crippen molar-refractivity contribution in [2.24, 2.45) is 17.3 Å². The maximum Gasteiger partial charge on any atom is 0.334 e. The molecule has 3 aliphatic carbocycles. The second-order valence-electron chi connectivity index (χ2n) is 11.3. The fourth-order valence-corrected chi connectivity index (χ4v) is 8.24. The first-order valence-corrected chi connectivity index (χ1v) is 12.0. The van der Waals surface area contributed by atoms with Crippen molar-refractivity contribution in [3.8, 4) is 0 Å². The minimum atomic E-state index is -1.04. The predicted octanol–water partition coefficient (Wildman–Crippen LogP) is 1.52. The van der Waals surface area contributed by atoms with Crippen LogP contribution in [0.1, 0.15) is 52.9 Å². The van der Waals surface area contributed by atoms with Crippen LogP contribution in [0.5, 0.6) is 0 Å². The molecule has 0 aromatic carbocycles. The number of hydrogen-bond acceptors (Lipinski definition) is 8. The maximum absolute atomic E-state index is 12.7. The van der Waals surface area contributed by atoms with Gasteiger partial charge in [-0.3, -0.25) is 9.59 Å². The SMILES string of the molecule is CC(C)C12O[C@H]1[C@@H]1O[C@]13[C@]1(O[C@H]1C[C@H]1C4=C(CC[C@@]13C)C(=O)OC4)[C@@H]2OC(=O)CCC(=O)O. The summed E-state index contributed by atoms with van der Waals surface area (Å²) in [7, 11) is 0. The lowest BCUT2D eigenvalue weighted by Gasteiger charge is -2.53. The van der Waals surface area contributed by atoms with E-state index in [0.29, 0.717) is 19.4 Å². The summed E-state index contributed by atoms with van der Waals surface area (Å²) in [6.07, 6.45) is 0.464. The van der Waals surface area contributed by atoms with E-state index in [4.69, 9.17) is 28.8 Å². The molecule has 0 bridgehead atoms. The molecule has 1 unspecified atom stereocenters. The zero-order valence-electron chi connectivity index (χ0n) is 18.9. The van der Waals surface area contributed by atoms with Gasteiger partial charge < -0.3 is 28.8 Å². The Hall–Kier alpha value is -1.97. The van der Waals surface area contributed by atoms with Crippen molar-refractivity contribution >= 4 is 17.9 Å². The Morgan fingerprint density at radius 3 is 2.70 bits per heavy atom. The third-order valence-electron chi connectivity index (χ3n) is 9.86. The zero-order valence-corrected chi connectivity index (χ0v) is 18.9. The fourth-order valence-electron chi connectivity index (χ4n) is 8.24. The van der Waals surface area contributed by atoms with Crippen LogP contribution in [0.3, 0.4) is 0 Å². The molecule has 2 saturated carbocycles. The molecule has 7 aliphatic rings. The van der Waals surface area contributed by atoms with Gasteiger partial charge in [0.25, 0.3) is 0 Å². The number of fused-ring (bicyclic) bond motifs is 4. The van der Waals surface area contributed by atoms with Gasteiger partial charge in [0.05, 0.1) is 18.9 Å². The van der Waals surface area contributed by atoms with E-state index in [1.165, 1.54) is 0 Å². The third kappa shape index (κ3) is 2.06. The van der Waals surface area contributed by atoms with Crippen molar-refractivity contribution in [1.29, 1.82) is 0 Å². The van der Waals surface area contributed by atoms with Crippen LogP contribution < -0.4 is 0 Å². The van der Waals surface area contributed by atoms with Crippen molar-refractivity contribution in [1.82, 2.24) is 0 Å². The molecular formula is C24H28O9. The second-order valence-corrected chi connectivity index (χ2v) is 11.3. The van der Waals surface area contributed by atoms with Gasteiger partial charge in [-0.1, -0.05) is 20.8 Å². The Labute approximate surface area is 190 Å². The van der Waals surface area contributed by atoms with Crippen molar-refractivity contribution in [3.63, 3.8) is 0 Å². The van der Waals surface area contributed by atoms with Crippen LogP contribution >= 0.6 is 0 Å². The number of ether oxygens (including phenoxy) is 5. The summed E-state index contributed by atoms with van der Waals surface area (Å²) in [6, 6.07) is 0. The van der Waals surface area contributed by atoms with Gasteiger partial charge in [0, 0.05) is 11.0 Å². The first kappa shape index (κ1) is 20.4. The minimum Gasteiger partial charge on any atom is -0.481 e. The van der Waals surface area contributed by atoms with Crippen LogP contribution in [0.4, 0.5) is 0 Å². The lowest BCUT2D eigenvalue weighted by Crippen LogP contribution is -2.70. The minimum absolute atomic E-state index is 0.0632. The molecule has 9 heteroatoms. The lowest BCUT2D eigenvalue weighted by molar-refractivity contribution is -0.170. The van der Waals surface area contributed by atoms with E-state index in [1.807, 2.05) is 13.8 Å². The van der Waals surface area contributed by atoms with E-state index in [0.717, 1.165) is 17.6 Å². The van der Waals surface area contributed by atoms with Crippen LogP contribution in [0.15, 0.2) is 11.1 Å². The number of carbonyl (C=O) groups excluding carboxylic acids is 2. The van der Waals surface area contributed by atoms with Gasteiger partial charge in [-0.15, -0.1) is 0 Å². The summed E-state index contributed by atoms with van der Waals surface area (Å²) in [5.41, 5.74) is -0.569. The Morgan fingerprint density at radius 1 is 1.18 bits per heavy atom. The Bertz CT molecular complexity index is 1050. The predicted molar refractivity (Wildman–Crippen MR) is 108 cm³/mol. The Balaban J connectivity index is 1.29. The summed E-state index contributed by atoms with van der Waals surface area (Å²) in [5, 5.41) is 9.00. The smallest absolute Gasteiger partial charge is 0.334 e. The second kappa shape index (κ2) is 5.80. The Morgan fingerprint density at radius 2 is 1.97 bits per heavy atom. The molecule has 0 aromatic rings. The Kier molecular flexibility index (Phi) is 3.59. The first-order valence-electron chi connectivity index (χ1n) is 12.0. The summed E-state index contributed by atoms with van der Waals surface area (Å²) in [4.78, 5) is 36.0. The highest BCUT2D eigenvalue weighted by molar-refractivity contribution is 5.92. The number of esters is 2. The van der Waals surface area contributed by atoms with Crippen LogP contribution in [0.2, 0.25) is 0 Å². The normalized spacial score (nSPS) is 51.9. The molecule has 4 heterocycles. The van der Waals surface area contributed by atoms with Crippen molar-refractivity contribution in [3.05, 3.63) is 11.1 Å². The number of aliphatic carboxylic acids is 1. The number of carboxylic acids is 1. The van der Waals surface area contributed by atoms with E-state index < -0.39 is 34.8 Å². The summed E-state index contributed by atoms with van der Waals surface area (Å²) < 4.78 is 30.9. The number of carbonyl (C=O) groups is 3. The number of cyclic esters (lactones) is 1. The van der Waals surface area contributed by atoms with Gasteiger partial charge in [0.2, 0.25) is 0 Å². The molecule has 9 atom stereocenters. The molecule has 5 fully saturated rings. The van der Waals surface area contributed by atoms with E-state index in [-0.39, 0.29) is 54.4 Å². The van der Waals surface area contributed by atoms with Gasteiger partial charge >= 0.3 is 17.9 Å².